The highest BCUT2D eigenvalue weighted by Crippen LogP contribution is 2.26. The third kappa shape index (κ3) is 2.77. The molecule has 0 atom stereocenters. The first-order valence-electron chi connectivity index (χ1n) is 8.00. The Morgan fingerprint density at radius 2 is 1.74 bits per heavy atom. The van der Waals surface area contributed by atoms with Crippen molar-refractivity contribution < 1.29 is 5.11 Å². The van der Waals surface area contributed by atoms with Crippen molar-refractivity contribution in [3.05, 3.63) is 48.9 Å². The predicted octanol–water partition coefficient (Wildman–Crippen LogP) is 2.40. The molecule has 1 aliphatic carbocycles. The minimum Gasteiger partial charge on any atom is -0.393 e. The van der Waals surface area contributed by atoms with Gasteiger partial charge in [0.25, 0.3) is 0 Å². The van der Waals surface area contributed by atoms with Gasteiger partial charge in [-0.15, -0.1) is 0 Å². The minimum absolute atomic E-state index is 0.193. The number of aliphatic hydroxyl groups excluding tert-OH is 1. The average molecular weight is 309 g/mol. The molecule has 0 radical (unpaired) electrons. The van der Waals surface area contributed by atoms with Gasteiger partial charge in [0.1, 0.15) is 0 Å². The van der Waals surface area contributed by atoms with Crippen LogP contribution in [0, 0.1) is 0 Å². The number of aliphatic hydroxyl groups is 1. The Bertz CT molecular complexity index is 747. The van der Waals surface area contributed by atoms with Crippen LogP contribution >= 0.6 is 0 Å². The smallest absolute Gasteiger partial charge is 0.246 e. The maximum atomic E-state index is 9.79. The molecule has 1 N–H and O–H groups in total. The summed E-state index contributed by atoms with van der Waals surface area (Å²) in [5.74, 6) is 0.640. The van der Waals surface area contributed by atoms with Crippen molar-refractivity contribution in [2.24, 2.45) is 0 Å². The maximum Gasteiger partial charge on any atom is 0.246 e. The molecule has 0 amide bonds. The molecule has 3 aromatic rings. The molecule has 0 saturated heterocycles. The zero-order valence-corrected chi connectivity index (χ0v) is 12.8. The first-order chi connectivity index (χ1) is 11.3. The molecule has 0 spiro atoms. The summed E-state index contributed by atoms with van der Waals surface area (Å²) < 4.78 is 0. The van der Waals surface area contributed by atoms with Crippen molar-refractivity contribution in [1.29, 1.82) is 0 Å². The monoisotopic (exact) mass is 309 g/mol. The number of rotatable bonds is 3. The van der Waals surface area contributed by atoms with E-state index in [1.165, 1.54) is 0 Å². The van der Waals surface area contributed by atoms with E-state index in [0.29, 0.717) is 5.95 Å². The second-order valence-corrected chi connectivity index (χ2v) is 5.96. The standard InChI is InChI=1S/C17H19N5O/c23-15-8-6-14(7-9-15)22(17-18-10-3-11-19-17)21-12-13-4-1-2-5-16(13)20-21/h1-5,10-12,14-15,23H,6-9H2. The van der Waals surface area contributed by atoms with E-state index in [1.54, 1.807) is 12.4 Å². The molecule has 1 saturated carbocycles. The number of fused-ring (bicyclic) bond motifs is 1. The van der Waals surface area contributed by atoms with E-state index in [-0.39, 0.29) is 12.1 Å². The summed E-state index contributed by atoms with van der Waals surface area (Å²) in [4.78, 5) is 10.7. The quantitative estimate of drug-likeness (QED) is 0.804. The predicted molar refractivity (Wildman–Crippen MR) is 87.9 cm³/mol. The number of hydrogen-bond donors (Lipinski definition) is 1. The molecule has 23 heavy (non-hydrogen) atoms. The second-order valence-electron chi connectivity index (χ2n) is 5.96. The first-order valence-corrected chi connectivity index (χ1v) is 8.00. The van der Waals surface area contributed by atoms with Gasteiger partial charge in [-0.2, -0.15) is 9.89 Å². The Hall–Kier alpha value is -2.47. The van der Waals surface area contributed by atoms with E-state index in [2.05, 4.69) is 15.1 Å². The van der Waals surface area contributed by atoms with Crippen LogP contribution in [-0.4, -0.2) is 37.1 Å². The van der Waals surface area contributed by atoms with Gasteiger partial charge in [-0.1, -0.05) is 18.2 Å². The summed E-state index contributed by atoms with van der Waals surface area (Å²) in [6.45, 7) is 0. The molecule has 1 aromatic carbocycles. The largest absolute Gasteiger partial charge is 0.393 e. The number of benzene rings is 1. The highest BCUT2D eigenvalue weighted by molar-refractivity contribution is 5.77. The van der Waals surface area contributed by atoms with Gasteiger partial charge in [0, 0.05) is 17.8 Å². The van der Waals surface area contributed by atoms with E-state index in [0.717, 1.165) is 36.6 Å². The lowest BCUT2D eigenvalue weighted by Gasteiger charge is -2.34. The molecule has 4 rings (SSSR count). The highest BCUT2D eigenvalue weighted by atomic mass is 16.3. The van der Waals surface area contributed by atoms with Crippen LogP contribution in [0.15, 0.2) is 48.9 Å². The van der Waals surface area contributed by atoms with E-state index in [1.807, 2.05) is 46.3 Å². The van der Waals surface area contributed by atoms with Crippen LogP contribution in [0.2, 0.25) is 0 Å². The van der Waals surface area contributed by atoms with Gasteiger partial charge in [0.15, 0.2) is 0 Å². The van der Waals surface area contributed by atoms with Crippen LogP contribution in [0.3, 0.4) is 0 Å². The van der Waals surface area contributed by atoms with E-state index in [9.17, 15) is 5.11 Å². The number of nitrogens with zero attached hydrogens (tertiary/aromatic N) is 5. The van der Waals surface area contributed by atoms with Crippen LogP contribution in [0.1, 0.15) is 25.7 Å². The molecule has 1 fully saturated rings. The molecule has 0 bridgehead atoms. The lowest BCUT2D eigenvalue weighted by Crippen LogP contribution is -2.44. The summed E-state index contributed by atoms with van der Waals surface area (Å²) in [6, 6.07) is 10.1. The summed E-state index contributed by atoms with van der Waals surface area (Å²) in [7, 11) is 0. The first kappa shape index (κ1) is 14.1. The van der Waals surface area contributed by atoms with Gasteiger partial charge in [0.2, 0.25) is 5.95 Å². The Balaban J connectivity index is 1.75. The number of hydrogen-bond acceptors (Lipinski definition) is 5. The topological polar surface area (TPSA) is 67.1 Å². The van der Waals surface area contributed by atoms with Crippen LogP contribution in [0.5, 0.6) is 0 Å². The zero-order chi connectivity index (χ0) is 15.6. The molecule has 2 heterocycles. The Morgan fingerprint density at radius 1 is 1.00 bits per heavy atom. The Morgan fingerprint density at radius 3 is 2.48 bits per heavy atom. The van der Waals surface area contributed by atoms with Gasteiger partial charge < -0.3 is 5.11 Å². The fourth-order valence-corrected chi connectivity index (χ4v) is 3.20. The van der Waals surface area contributed by atoms with Gasteiger partial charge in [-0.05, 0) is 37.8 Å². The van der Waals surface area contributed by atoms with E-state index >= 15 is 0 Å². The SMILES string of the molecule is OC1CCC(N(c2ncccn2)n2cc3ccccc3n2)CC1. The molecule has 2 aromatic heterocycles. The average Bonchev–Trinajstić information content (AvgIpc) is 3.01. The lowest BCUT2D eigenvalue weighted by atomic mass is 9.93. The summed E-state index contributed by atoms with van der Waals surface area (Å²) in [5.41, 5.74) is 0.948. The highest BCUT2D eigenvalue weighted by Gasteiger charge is 2.28. The molecule has 0 aliphatic heterocycles. The van der Waals surface area contributed by atoms with Crippen molar-refractivity contribution in [2.75, 3.05) is 5.01 Å². The van der Waals surface area contributed by atoms with Crippen molar-refractivity contribution in [3.8, 4) is 0 Å². The van der Waals surface area contributed by atoms with Crippen LogP contribution in [0.25, 0.3) is 10.9 Å². The summed E-state index contributed by atoms with van der Waals surface area (Å²) in [6.07, 6.45) is 8.71. The van der Waals surface area contributed by atoms with Crippen LogP contribution < -0.4 is 5.01 Å². The Labute approximate surface area is 134 Å². The van der Waals surface area contributed by atoms with Crippen LogP contribution in [0.4, 0.5) is 5.95 Å². The normalized spacial score (nSPS) is 21.4. The summed E-state index contributed by atoms with van der Waals surface area (Å²) in [5, 5.41) is 17.6. The van der Waals surface area contributed by atoms with Crippen molar-refractivity contribution in [1.82, 2.24) is 19.9 Å². The van der Waals surface area contributed by atoms with Gasteiger partial charge in [0.05, 0.1) is 23.9 Å². The van der Waals surface area contributed by atoms with E-state index in [4.69, 9.17) is 0 Å². The molecule has 118 valence electrons. The molecular weight excluding hydrogens is 290 g/mol. The molecule has 6 heteroatoms. The molecular formula is C17H19N5O. The van der Waals surface area contributed by atoms with Crippen molar-refractivity contribution in [3.63, 3.8) is 0 Å². The lowest BCUT2D eigenvalue weighted by molar-refractivity contribution is 0.119. The van der Waals surface area contributed by atoms with Crippen molar-refractivity contribution >= 4 is 16.9 Å². The summed E-state index contributed by atoms with van der Waals surface area (Å²) >= 11 is 0. The fourth-order valence-electron chi connectivity index (χ4n) is 3.20. The van der Waals surface area contributed by atoms with Gasteiger partial charge >= 0.3 is 0 Å². The molecule has 6 nitrogen and oxygen atoms in total. The van der Waals surface area contributed by atoms with Crippen LogP contribution in [-0.2, 0) is 0 Å². The molecule has 0 unspecified atom stereocenters. The van der Waals surface area contributed by atoms with Crippen molar-refractivity contribution in [2.45, 2.75) is 37.8 Å². The maximum absolute atomic E-state index is 9.79. The second kappa shape index (κ2) is 5.96. The minimum atomic E-state index is -0.193. The molecule has 1 aliphatic rings. The Kier molecular flexibility index (Phi) is 3.67. The van der Waals surface area contributed by atoms with Gasteiger partial charge in [-0.3, -0.25) is 0 Å². The third-order valence-electron chi connectivity index (χ3n) is 4.39. The fraction of sp³-hybridized carbons (Fsp3) is 0.353. The third-order valence-corrected chi connectivity index (χ3v) is 4.39. The number of anilines is 1. The zero-order valence-electron chi connectivity index (χ0n) is 12.8. The van der Waals surface area contributed by atoms with E-state index < -0.39 is 0 Å². The number of aromatic nitrogens is 4. The van der Waals surface area contributed by atoms with Gasteiger partial charge in [-0.25, -0.2) is 15.0 Å².